The van der Waals surface area contributed by atoms with Crippen molar-refractivity contribution in [2.24, 2.45) is 10.8 Å². The van der Waals surface area contributed by atoms with E-state index in [9.17, 15) is 5.11 Å². The minimum atomic E-state index is -0.958. The van der Waals surface area contributed by atoms with Crippen LogP contribution in [0.1, 0.15) is 120 Å². The second kappa shape index (κ2) is 19.4. The number of hydrogen-bond donors (Lipinski definition) is 1. The van der Waals surface area contributed by atoms with Gasteiger partial charge < -0.3 is 5.11 Å². The van der Waals surface area contributed by atoms with Gasteiger partial charge in [-0.15, -0.1) is 30.4 Å². The Balaban J connectivity index is 0. The number of halogens is 3. The fraction of sp³-hybridized carbons (Fsp3) is 0.677. The molecule has 2 rings (SSSR count). The number of rotatable bonds is 7. The van der Waals surface area contributed by atoms with Crippen molar-refractivity contribution in [3.63, 3.8) is 0 Å². The predicted molar refractivity (Wildman–Crippen MR) is 186 cm³/mol. The molecule has 1 unspecified atom stereocenters. The fourth-order valence-corrected chi connectivity index (χ4v) is 5.50. The van der Waals surface area contributed by atoms with Crippen molar-refractivity contribution in [2.75, 3.05) is 0 Å². The third-order valence-electron chi connectivity index (χ3n) is 7.72. The van der Waals surface area contributed by atoms with E-state index >= 15 is 0 Å². The molecule has 0 spiro atoms. The summed E-state index contributed by atoms with van der Waals surface area (Å²) in [4.78, 5) is 0. The summed E-state index contributed by atoms with van der Waals surface area (Å²) < 4.78 is 0. The number of hydrogen-bond acceptors (Lipinski definition) is 1. The SMILES string of the molecule is C#CC(C)(O)CCC1=C(C)CCCC1(C)C.C=C/C=C(\C)CCC1=C(C)CCCC1(C)C.I.[I][V][I]. The Morgan fingerprint density at radius 2 is 1.47 bits per heavy atom. The zero-order valence-corrected chi connectivity index (χ0v) is 32.1. The van der Waals surface area contributed by atoms with Crippen molar-refractivity contribution in [1.29, 1.82) is 0 Å². The van der Waals surface area contributed by atoms with Crippen molar-refractivity contribution in [3.05, 3.63) is 46.6 Å². The summed E-state index contributed by atoms with van der Waals surface area (Å²) in [5, 5.41) is 9.85. The maximum atomic E-state index is 9.85. The molecule has 0 aromatic carbocycles. The van der Waals surface area contributed by atoms with Crippen LogP contribution in [0.4, 0.5) is 0 Å². The van der Waals surface area contributed by atoms with E-state index in [0.717, 1.165) is 6.42 Å². The van der Waals surface area contributed by atoms with Gasteiger partial charge in [0.2, 0.25) is 0 Å². The van der Waals surface area contributed by atoms with E-state index in [4.69, 9.17) is 6.42 Å². The molecule has 0 aliphatic heterocycles. The second-order valence-electron chi connectivity index (χ2n) is 11.7. The quantitative estimate of drug-likeness (QED) is 0.117. The number of aliphatic hydroxyl groups is 1. The molecule has 0 bridgehead atoms. The van der Waals surface area contributed by atoms with E-state index < -0.39 is 5.60 Å². The topological polar surface area (TPSA) is 20.2 Å². The van der Waals surface area contributed by atoms with Crippen molar-refractivity contribution in [2.45, 2.75) is 125 Å². The molecule has 2 aliphatic rings. The molecule has 0 heterocycles. The van der Waals surface area contributed by atoms with Crippen LogP contribution in [0.25, 0.3) is 0 Å². The van der Waals surface area contributed by atoms with Gasteiger partial charge in [-0.3, -0.25) is 0 Å². The van der Waals surface area contributed by atoms with E-state index in [1.165, 1.54) is 68.1 Å². The summed E-state index contributed by atoms with van der Waals surface area (Å²) in [5.74, 6) is 2.46. The molecular formula is C31H51I3OV. The molecule has 1 N–H and O–H groups in total. The molecule has 1 atom stereocenters. The van der Waals surface area contributed by atoms with E-state index in [-0.39, 0.29) is 29.4 Å². The fourth-order valence-electron chi connectivity index (χ4n) is 5.50. The first-order valence-electron chi connectivity index (χ1n) is 13.0. The third-order valence-corrected chi connectivity index (χ3v) is 7.72. The summed E-state index contributed by atoms with van der Waals surface area (Å²) in [6.45, 7) is 21.6. The van der Waals surface area contributed by atoms with Gasteiger partial charge in [0, 0.05) is 0 Å². The van der Waals surface area contributed by atoms with Gasteiger partial charge in [-0.2, -0.15) is 0 Å². The number of terminal acetylenes is 1. The van der Waals surface area contributed by atoms with Crippen molar-refractivity contribution >= 4 is 63.9 Å². The van der Waals surface area contributed by atoms with Gasteiger partial charge in [0.05, 0.1) is 0 Å². The molecule has 0 aromatic heterocycles. The molecule has 0 aromatic rings. The number of allylic oxidation sites excluding steroid dienone is 7. The Morgan fingerprint density at radius 1 is 1.06 bits per heavy atom. The third kappa shape index (κ3) is 15.1. The maximum absolute atomic E-state index is 9.85. The first kappa shape index (κ1) is 39.4. The molecule has 5 heteroatoms. The standard InChI is InChI=1S/C16H26.C15H24O.3HI.V/c1-6-8-13(2)10-11-15-14(3)9-7-12-16(15,4)5;1-6-15(5,16)11-9-13-12(2)8-7-10-14(13,3)4;;;;/h6,8H,1,7,9-12H2,2-5H3;1,16H,7-11H2,2-5H3;3*1H;/q;;;;;+2/p-2/b13-8+;;;;;. The van der Waals surface area contributed by atoms with Crippen LogP contribution >= 0.6 is 63.9 Å². The van der Waals surface area contributed by atoms with Crippen molar-refractivity contribution in [1.82, 2.24) is 0 Å². The molecule has 0 radical (unpaired) electrons. The van der Waals surface area contributed by atoms with Gasteiger partial charge in [-0.25, -0.2) is 0 Å². The zero-order chi connectivity index (χ0) is 27.3. The summed E-state index contributed by atoms with van der Waals surface area (Å²) in [6, 6.07) is 0. The average Bonchev–Trinajstić information content (AvgIpc) is 2.73. The summed E-state index contributed by atoms with van der Waals surface area (Å²) >= 11 is 4.74. The Bertz CT molecular complexity index is 810. The first-order chi connectivity index (χ1) is 16.2. The Hall–Kier alpha value is 1.25. The van der Waals surface area contributed by atoms with E-state index in [0.29, 0.717) is 21.3 Å². The molecule has 2 aliphatic carbocycles. The van der Waals surface area contributed by atoms with Crippen LogP contribution in [0.2, 0.25) is 0 Å². The molecule has 207 valence electrons. The molecule has 1 nitrogen and oxygen atoms in total. The summed E-state index contributed by atoms with van der Waals surface area (Å²) in [7, 11) is 0.628. The second-order valence-corrected chi connectivity index (χ2v) is 23.5. The van der Waals surface area contributed by atoms with E-state index in [2.05, 4.69) is 107 Å². The van der Waals surface area contributed by atoms with Gasteiger partial charge in [-0.1, -0.05) is 80.2 Å². The van der Waals surface area contributed by atoms with Crippen LogP contribution in [-0.2, 0) is 9.47 Å². The summed E-state index contributed by atoms with van der Waals surface area (Å²) in [5.41, 5.74) is 7.55. The van der Waals surface area contributed by atoms with E-state index in [1.54, 1.807) is 18.1 Å². The van der Waals surface area contributed by atoms with Gasteiger partial charge in [0.25, 0.3) is 0 Å². The molecule has 36 heavy (non-hydrogen) atoms. The van der Waals surface area contributed by atoms with Crippen LogP contribution < -0.4 is 0 Å². The average molecular weight is 871 g/mol. The normalized spacial score (nSPS) is 20.3. The van der Waals surface area contributed by atoms with Crippen LogP contribution in [-0.4, -0.2) is 10.7 Å². The molecule has 0 fully saturated rings. The Labute approximate surface area is 270 Å². The van der Waals surface area contributed by atoms with Crippen LogP contribution in [0.5, 0.6) is 0 Å². The van der Waals surface area contributed by atoms with Gasteiger partial charge in [0.1, 0.15) is 5.60 Å². The first-order valence-corrected chi connectivity index (χ1v) is 22.0. The Morgan fingerprint density at radius 3 is 1.83 bits per heavy atom. The molecule has 0 saturated carbocycles. The van der Waals surface area contributed by atoms with Gasteiger partial charge in [-0.05, 0) is 103 Å². The molecular weight excluding hydrogens is 820 g/mol. The monoisotopic (exact) mass is 871 g/mol. The van der Waals surface area contributed by atoms with Crippen LogP contribution in [0, 0.1) is 23.2 Å². The minimum absolute atomic E-state index is 0. The van der Waals surface area contributed by atoms with Crippen LogP contribution in [0.15, 0.2) is 46.6 Å². The predicted octanol–water partition coefficient (Wildman–Crippen LogP) is 11.5. The van der Waals surface area contributed by atoms with Gasteiger partial charge >= 0.3 is 49.4 Å². The zero-order valence-electron chi connectivity index (χ0n) is 24.1. The molecule has 0 amide bonds. The Kier molecular flexibility index (Phi) is 21.2. The van der Waals surface area contributed by atoms with Crippen molar-refractivity contribution < 1.29 is 14.6 Å². The van der Waals surface area contributed by atoms with Crippen LogP contribution in [0.3, 0.4) is 0 Å². The van der Waals surface area contributed by atoms with Crippen molar-refractivity contribution in [3.8, 4) is 12.3 Å². The summed E-state index contributed by atoms with van der Waals surface area (Å²) in [6.07, 6.45) is 21.1. The molecule has 0 saturated heterocycles. The van der Waals surface area contributed by atoms with Gasteiger partial charge in [0.15, 0.2) is 0 Å². The van der Waals surface area contributed by atoms with E-state index in [1.807, 2.05) is 6.08 Å².